The number of amides is 1. The Morgan fingerprint density at radius 2 is 1.94 bits per heavy atom. The van der Waals surface area contributed by atoms with Crippen LogP contribution in [0.15, 0.2) is 12.2 Å². The molecule has 16 heavy (non-hydrogen) atoms. The van der Waals surface area contributed by atoms with Gasteiger partial charge in [-0.3, -0.25) is 4.79 Å². The Bertz CT molecular complexity index is 319. The number of hydrogen-bond donors (Lipinski definition) is 2. The molecule has 0 aromatic carbocycles. The summed E-state index contributed by atoms with van der Waals surface area (Å²) in [5.41, 5.74) is 0. The summed E-state index contributed by atoms with van der Waals surface area (Å²) in [6.07, 6.45) is 4.22. The maximum atomic E-state index is 11.4. The van der Waals surface area contributed by atoms with Crippen molar-refractivity contribution in [1.29, 1.82) is 0 Å². The molecule has 88 valence electrons. The monoisotopic (exact) mass is 224 g/mol. The van der Waals surface area contributed by atoms with Crippen LogP contribution < -0.4 is 5.32 Å². The van der Waals surface area contributed by atoms with E-state index in [4.69, 9.17) is 5.11 Å². The molecule has 0 aromatic rings. The van der Waals surface area contributed by atoms with Gasteiger partial charge in [0.05, 0.1) is 0 Å². The molecular formula is C11H16N2O3. The van der Waals surface area contributed by atoms with Crippen LogP contribution in [0.1, 0.15) is 12.8 Å². The van der Waals surface area contributed by atoms with Gasteiger partial charge in [0.2, 0.25) is 5.91 Å². The van der Waals surface area contributed by atoms with Gasteiger partial charge in [-0.2, -0.15) is 0 Å². The number of carbonyl (C=O) groups is 2. The van der Waals surface area contributed by atoms with Crippen LogP contribution >= 0.6 is 0 Å². The minimum absolute atomic E-state index is 0.188. The number of piperidine rings is 3. The normalized spacial score (nSPS) is 32.9. The third kappa shape index (κ3) is 2.61. The molecule has 0 spiro atoms. The lowest BCUT2D eigenvalue weighted by atomic mass is 9.84. The van der Waals surface area contributed by atoms with Gasteiger partial charge >= 0.3 is 5.97 Å². The van der Waals surface area contributed by atoms with E-state index in [0.717, 1.165) is 44.6 Å². The van der Waals surface area contributed by atoms with Crippen molar-refractivity contribution in [1.82, 2.24) is 10.2 Å². The molecule has 3 heterocycles. The van der Waals surface area contributed by atoms with E-state index < -0.39 is 5.97 Å². The Labute approximate surface area is 94.1 Å². The van der Waals surface area contributed by atoms with Crippen LogP contribution in [0, 0.1) is 5.92 Å². The zero-order valence-corrected chi connectivity index (χ0v) is 9.06. The number of nitrogens with one attached hydrogen (secondary N) is 1. The maximum Gasteiger partial charge on any atom is 0.328 e. The number of hydrogen-bond acceptors (Lipinski definition) is 3. The summed E-state index contributed by atoms with van der Waals surface area (Å²) in [7, 11) is 0. The molecule has 1 amide bonds. The van der Waals surface area contributed by atoms with Crippen molar-refractivity contribution in [3.05, 3.63) is 12.2 Å². The van der Waals surface area contributed by atoms with E-state index in [1.807, 2.05) is 0 Å². The lowest BCUT2D eigenvalue weighted by Crippen LogP contribution is -2.57. The molecule has 2 bridgehead atoms. The number of fused-ring (bicyclic) bond motifs is 3. The Balaban J connectivity index is 1.85. The molecule has 0 radical (unpaired) electrons. The molecule has 1 atom stereocenters. The highest BCUT2D eigenvalue weighted by molar-refractivity contribution is 5.94. The summed E-state index contributed by atoms with van der Waals surface area (Å²) in [5, 5.41) is 11.3. The van der Waals surface area contributed by atoms with Crippen LogP contribution in [0.3, 0.4) is 0 Å². The van der Waals surface area contributed by atoms with Gasteiger partial charge in [-0.25, -0.2) is 4.79 Å². The highest BCUT2D eigenvalue weighted by atomic mass is 16.4. The van der Waals surface area contributed by atoms with E-state index in [-0.39, 0.29) is 11.9 Å². The zero-order valence-electron chi connectivity index (χ0n) is 9.06. The first kappa shape index (κ1) is 11.1. The van der Waals surface area contributed by atoms with Gasteiger partial charge in [-0.05, 0) is 31.8 Å². The number of rotatable bonds is 3. The number of carboxylic acid groups (broad SMARTS) is 1. The minimum atomic E-state index is -1.09. The summed E-state index contributed by atoms with van der Waals surface area (Å²) in [6, 6.07) is 0.188. The van der Waals surface area contributed by atoms with Gasteiger partial charge in [-0.15, -0.1) is 0 Å². The molecule has 0 aliphatic carbocycles. The average Bonchev–Trinajstić information content (AvgIpc) is 2.28. The molecule has 3 aliphatic rings. The quantitative estimate of drug-likeness (QED) is 0.653. The van der Waals surface area contributed by atoms with Gasteiger partial charge in [0.1, 0.15) is 0 Å². The lowest BCUT2D eigenvalue weighted by Gasteiger charge is -2.44. The molecule has 0 saturated carbocycles. The maximum absolute atomic E-state index is 11.4. The van der Waals surface area contributed by atoms with Crippen molar-refractivity contribution in [2.45, 2.75) is 18.9 Å². The number of carboxylic acids is 1. The Hall–Kier alpha value is -1.36. The fourth-order valence-electron chi connectivity index (χ4n) is 2.51. The van der Waals surface area contributed by atoms with E-state index in [1.54, 1.807) is 0 Å². The molecule has 3 aliphatic heterocycles. The fourth-order valence-corrected chi connectivity index (χ4v) is 2.51. The van der Waals surface area contributed by atoms with Crippen LogP contribution in [0.2, 0.25) is 0 Å². The van der Waals surface area contributed by atoms with Crippen molar-refractivity contribution in [3.8, 4) is 0 Å². The van der Waals surface area contributed by atoms with Crippen molar-refractivity contribution >= 4 is 11.9 Å². The first-order valence-electron chi connectivity index (χ1n) is 5.59. The molecule has 3 rings (SSSR count). The average molecular weight is 224 g/mol. The van der Waals surface area contributed by atoms with E-state index in [9.17, 15) is 9.59 Å². The van der Waals surface area contributed by atoms with E-state index in [1.165, 1.54) is 0 Å². The Morgan fingerprint density at radius 1 is 1.25 bits per heavy atom. The minimum Gasteiger partial charge on any atom is -0.478 e. The first-order chi connectivity index (χ1) is 7.65. The summed E-state index contributed by atoms with van der Waals surface area (Å²) in [5.74, 6) is -0.836. The van der Waals surface area contributed by atoms with Crippen LogP contribution in [-0.4, -0.2) is 47.6 Å². The van der Waals surface area contributed by atoms with Crippen LogP contribution in [0.5, 0.6) is 0 Å². The highest BCUT2D eigenvalue weighted by Gasteiger charge is 2.34. The molecular weight excluding hydrogens is 208 g/mol. The summed E-state index contributed by atoms with van der Waals surface area (Å²) < 4.78 is 0. The molecule has 3 fully saturated rings. The van der Waals surface area contributed by atoms with Crippen molar-refractivity contribution < 1.29 is 14.7 Å². The summed E-state index contributed by atoms with van der Waals surface area (Å²) in [6.45, 7) is 3.15. The topological polar surface area (TPSA) is 69.6 Å². The van der Waals surface area contributed by atoms with Crippen molar-refractivity contribution in [2.24, 2.45) is 5.92 Å². The largest absolute Gasteiger partial charge is 0.478 e. The van der Waals surface area contributed by atoms with Crippen LogP contribution in [-0.2, 0) is 9.59 Å². The summed E-state index contributed by atoms with van der Waals surface area (Å²) in [4.78, 5) is 24.0. The Morgan fingerprint density at radius 3 is 2.44 bits per heavy atom. The molecule has 5 nitrogen and oxygen atoms in total. The standard InChI is InChI=1S/C11H16N2O3/c14-10(1-2-11(15)16)12-9-7-13-5-3-8(9)4-6-13/h1-2,8-9H,3-7H2,(H,12,14)(H,15,16)/b2-1+. The van der Waals surface area contributed by atoms with Gasteiger partial charge in [0, 0.05) is 24.7 Å². The van der Waals surface area contributed by atoms with Crippen LogP contribution in [0.25, 0.3) is 0 Å². The second-order valence-corrected chi connectivity index (χ2v) is 4.42. The molecule has 2 N–H and O–H groups in total. The second kappa shape index (κ2) is 4.65. The van der Waals surface area contributed by atoms with E-state index in [2.05, 4.69) is 10.2 Å². The third-order valence-electron chi connectivity index (χ3n) is 3.36. The van der Waals surface area contributed by atoms with Gasteiger partial charge in [0.15, 0.2) is 0 Å². The van der Waals surface area contributed by atoms with Gasteiger partial charge in [0.25, 0.3) is 0 Å². The predicted octanol–water partition coefficient (Wildman–Crippen LogP) is -0.162. The first-order valence-corrected chi connectivity index (χ1v) is 5.59. The number of nitrogens with zero attached hydrogens (tertiary/aromatic N) is 1. The fraction of sp³-hybridized carbons (Fsp3) is 0.636. The summed E-state index contributed by atoms with van der Waals surface area (Å²) >= 11 is 0. The predicted molar refractivity (Wildman–Crippen MR) is 57.9 cm³/mol. The SMILES string of the molecule is O=C(O)/C=C/C(=O)NC1CN2CCC1CC2. The smallest absolute Gasteiger partial charge is 0.328 e. The van der Waals surface area contributed by atoms with Crippen LogP contribution in [0.4, 0.5) is 0 Å². The Kier molecular flexibility index (Phi) is 3.24. The molecule has 3 saturated heterocycles. The van der Waals surface area contributed by atoms with E-state index >= 15 is 0 Å². The zero-order chi connectivity index (χ0) is 11.5. The van der Waals surface area contributed by atoms with Gasteiger partial charge < -0.3 is 15.3 Å². The third-order valence-corrected chi connectivity index (χ3v) is 3.36. The van der Waals surface area contributed by atoms with Gasteiger partial charge in [-0.1, -0.05) is 0 Å². The van der Waals surface area contributed by atoms with E-state index in [0.29, 0.717) is 5.92 Å². The number of carbonyl (C=O) groups excluding carboxylic acids is 1. The number of aliphatic carboxylic acids is 1. The van der Waals surface area contributed by atoms with Crippen molar-refractivity contribution in [2.75, 3.05) is 19.6 Å². The molecule has 5 heteroatoms. The second-order valence-electron chi connectivity index (χ2n) is 4.42. The lowest BCUT2D eigenvalue weighted by molar-refractivity contribution is -0.131. The molecule has 0 aromatic heterocycles. The molecule has 1 unspecified atom stereocenters. The van der Waals surface area contributed by atoms with Crippen molar-refractivity contribution in [3.63, 3.8) is 0 Å². The highest BCUT2D eigenvalue weighted by Crippen LogP contribution is 2.27.